The van der Waals surface area contributed by atoms with Gasteiger partial charge in [0, 0.05) is 13.1 Å². The lowest BCUT2D eigenvalue weighted by atomic mass is 10.1. The number of aryl methyl sites for hydroxylation is 1. The number of nitrogens with zero attached hydrogens (tertiary/aromatic N) is 2. The van der Waals surface area contributed by atoms with E-state index >= 15 is 0 Å². The molecule has 0 N–H and O–H groups in total. The summed E-state index contributed by atoms with van der Waals surface area (Å²) in [4.78, 5) is 14.9. The van der Waals surface area contributed by atoms with Gasteiger partial charge in [-0.1, -0.05) is 29.8 Å². The number of piperidine rings is 1. The van der Waals surface area contributed by atoms with Crippen LogP contribution in [-0.4, -0.2) is 45.5 Å². The molecule has 1 aliphatic rings. The van der Waals surface area contributed by atoms with Gasteiger partial charge < -0.3 is 9.64 Å². The molecule has 7 heteroatoms. The van der Waals surface area contributed by atoms with Gasteiger partial charge >= 0.3 is 0 Å². The van der Waals surface area contributed by atoms with Gasteiger partial charge in [0.05, 0.1) is 17.2 Å². The highest BCUT2D eigenvalue weighted by atomic mass is 32.2. The van der Waals surface area contributed by atoms with Crippen molar-refractivity contribution < 1.29 is 17.9 Å². The van der Waals surface area contributed by atoms with Crippen LogP contribution in [0.3, 0.4) is 0 Å². The number of hydrogen-bond donors (Lipinski definition) is 0. The second-order valence-corrected chi connectivity index (χ2v) is 9.03. The van der Waals surface area contributed by atoms with Crippen LogP contribution in [0.2, 0.25) is 0 Å². The Morgan fingerprint density at radius 1 is 1.03 bits per heavy atom. The number of carbonyl (C=O) groups excluding carboxylic acids is 1. The van der Waals surface area contributed by atoms with E-state index in [0.717, 1.165) is 24.8 Å². The van der Waals surface area contributed by atoms with Gasteiger partial charge in [-0.3, -0.25) is 9.10 Å². The normalized spacial score (nSPS) is 14.5. The molecule has 1 heterocycles. The molecule has 0 aliphatic carbocycles. The maximum absolute atomic E-state index is 13.5. The van der Waals surface area contributed by atoms with Crippen molar-refractivity contribution in [2.45, 2.75) is 38.0 Å². The Hall–Kier alpha value is -2.54. The van der Waals surface area contributed by atoms with Crippen LogP contribution >= 0.6 is 0 Å². The summed E-state index contributed by atoms with van der Waals surface area (Å²) in [7, 11) is -3.94. The highest BCUT2D eigenvalue weighted by Gasteiger charge is 2.31. The lowest BCUT2D eigenvalue weighted by Gasteiger charge is -2.31. The molecule has 1 aliphatic heterocycles. The van der Waals surface area contributed by atoms with E-state index in [1.54, 1.807) is 53.4 Å². The molecule has 29 heavy (non-hydrogen) atoms. The van der Waals surface area contributed by atoms with Crippen molar-refractivity contribution in [1.82, 2.24) is 4.90 Å². The van der Waals surface area contributed by atoms with E-state index in [-0.39, 0.29) is 17.3 Å². The van der Waals surface area contributed by atoms with Crippen LogP contribution in [0.5, 0.6) is 5.75 Å². The fourth-order valence-electron chi connectivity index (χ4n) is 3.44. The third-order valence-electron chi connectivity index (χ3n) is 5.03. The van der Waals surface area contributed by atoms with Crippen molar-refractivity contribution in [3.05, 3.63) is 54.1 Å². The molecule has 1 fully saturated rings. The van der Waals surface area contributed by atoms with E-state index in [0.29, 0.717) is 31.1 Å². The zero-order chi connectivity index (χ0) is 20.9. The Bertz CT molecular complexity index is 936. The minimum Gasteiger partial charge on any atom is -0.492 e. The molecule has 0 atom stereocenters. The van der Waals surface area contributed by atoms with Crippen LogP contribution in [0.15, 0.2) is 53.4 Å². The number of benzene rings is 2. The van der Waals surface area contributed by atoms with Gasteiger partial charge in [0.2, 0.25) is 5.91 Å². The number of amides is 1. The molecule has 1 saturated heterocycles. The molecular weight excluding hydrogens is 388 g/mol. The maximum Gasteiger partial charge on any atom is 0.264 e. The van der Waals surface area contributed by atoms with E-state index in [1.807, 2.05) is 13.8 Å². The lowest BCUT2D eigenvalue weighted by molar-refractivity contribution is -0.130. The predicted octanol–water partition coefficient (Wildman–Crippen LogP) is 3.60. The number of anilines is 1. The van der Waals surface area contributed by atoms with Crippen LogP contribution < -0.4 is 9.04 Å². The molecule has 2 aromatic rings. The average Bonchev–Trinajstić information content (AvgIpc) is 2.73. The van der Waals surface area contributed by atoms with Gasteiger partial charge in [-0.2, -0.15) is 0 Å². The Kier molecular flexibility index (Phi) is 6.79. The molecular formula is C22H28N2O4S. The predicted molar refractivity (Wildman–Crippen MR) is 114 cm³/mol. The molecule has 3 rings (SSSR count). The Balaban J connectivity index is 2.01. The number of sulfonamides is 1. The van der Waals surface area contributed by atoms with Crippen molar-refractivity contribution >= 4 is 21.6 Å². The largest absolute Gasteiger partial charge is 0.492 e. The molecule has 0 bridgehead atoms. The van der Waals surface area contributed by atoms with E-state index in [1.165, 1.54) is 4.31 Å². The van der Waals surface area contributed by atoms with E-state index in [2.05, 4.69) is 0 Å². The second-order valence-electron chi connectivity index (χ2n) is 7.17. The molecule has 2 aromatic carbocycles. The minimum atomic E-state index is -3.94. The summed E-state index contributed by atoms with van der Waals surface area (Å²) in [5.41, 5.74) is 1.34. The van der Waals surface area contributed by atoms with Crippen molar-refractivity contribution in [2.24, 2.45) is 0 Å². The number of likely N-dealkylation sites (tertiary alicyclic amines) is 1. The molecule has 6 nitrogen and oxygen atoms in total. The first-order chi connectivity index (χ1) is 13.9. The Labute approximate surface area is 173 Å². The van der Waals surface area contributed by atoms with Crippen LogP contribution in [-0.2, 0) is 14.8 Å². The number of rotatable bonds is 7. The van der Waals surface area contributed by atoms with Gasteiger partial charge in [0.1, 0.15) is 12.3 Å². The topological polar surface area (TPSA) is 66.9 Å². The van der Waals surface area contributed by atoms with Crippen molar-refractivity contribution in [3.8, 4) is 5.75 Å². The van der Waals surface area contributed by atoms with Crippen molar-refractivity contribution in [1.29, 1.82) is 0 Å². The fourth-order valence-corrected chi connectivity index (χ4v) is 4.87. The van der Waals surface area contributed by atoms with Gasteiger partial charge in [-0.05, 0) is 57.4 Å². The smallest absolute Gasteiger partial charge is 0.264 e. The van der Waals surface area contributed by atoms with E-state index < -0.39 is 10.0 Å². The maximum atomic E-state index is 13.5. The standard InChI is InChI=1S/C22H28N2O4S/c1-3-28-21-10-6-5-9-20(21)24(17-22(25)23-15-7-4-8-16-23)29(26,27)19-13-11-18(2)12-14-19/h5-6,9-14H,3-4,7-8,15-17H2,1-2H3. The van der Waals surface area contributed by atoms with Crippen molar-refractivity contribution in [3.63, 3.8) is 0 Å². The van der Waals surface area contributed by atoms with Crippen LogP contribution in [0.1, 0.15) is 31.7 Å². The summed E-state index contributed by atoms with van der Waals surface area (Å²) in [5.74, 6) is 0.254. The summed E-state index contributed by atoms with van der Waals surface area (Å²) in [6.07, 6.45) is 3.00. The molecule has 0 saturated carbocycles. The number of para-hydroxylation sites is 2. The Morgan fingerprint density at radius 2 is 1.69 bits per heavy atom. The van der Waals surface area contributed by atoms with Crippen LogP contribution in [0.25, 0.3) is 0 Å². The van der Waals surface area contributed by atoms with Gasteiger partial charge in [-0.15, -0.1) is 0 Å². The zero-order valence-corrected chi connectivity index (χ0v) is 17.8. The highest BCUT2D eigenvalue weighted by molar-refractivity contribution is 7.92. The summed E-state index contributed by atoms with van der Waals surface area (Å²) in [5, 5.41) is 0. The molecule has 1 amide bonds. The zero-order valence-electron chi connectivity index (χ0n) is 17.0. The lowest BCUT2D eigenvalue weighted by Crippen LogP contribution is -2.45. The number of carbonyl (C=O) groups is 1. The summed E-state index contributed by atoms with van der Waals surface area (Å²) >= 11 is 0. The molecule has 0 radical (unpaired) electrons. The van der Waals surface area contributed by atoms with Crippen LogP contribution in [0.4, 0.5) is 5.69 Å². The molecule has 0 aromatic heterocycles. The van der Waals surface area contributed by atoms with Crippen molar-refractivity contribution in [2.75, 3.05) is 30.5 Å². The SMILES string of the molecule is CCOc1ccccc1N(CC(=O)N1CCCCC1)S(=O)(=O)c1ccc(C)cc1. The number of hydrogen-bond acceptors (Lipinski definition) is 4. The molecule has 156 valence electrons. The Morgan fingerprint density at radius 3 is 2.34 bits per heavy atom. The fraction of sp³-hybridized carbons (Fsp3) is 0.409. The average molecular weight is 417 g/mol. The quantitative estimate of drug-likeness (QED) is 0.692. The summed E-state index contributed by atoms with van der Waals surface area (Å²) in [6, 6.07) is 13.6. The van der Waals surface area contributed by atoms with E-state index in [9.17, 15) is 13.2 Å². The second kappa shape index (κ2) is 9.31. The highest BCUT2D eigenvalue weighted by Crippen LogP contribution is 2.32. The molecule has 0 spiro atoms. The van der Waals surface area contributed by atoms with Gasteiger partial charge in [-0.25, -0.2) is 8.42 Å². The van der Waals surface area contributed by atoms with Crippen LogP contribution in [0, 0.1) is 6.92 Å². The third kappa shape index (κ3) is 4.90. The molecule has 0 unspecified atom stereocenters. The first kappa shape index (κ1) is 21.2. The van der Waals surface area contributed by atoms with Gasteiger partial charge in [0.15, 0.2) is 0 Å². The van der Waals surface area contributed by atoms with E-state index in [4.69, 9.17) is 4.74 Å². The first-order valence-electron chi connectivity index (χ1n) is 10.0. The summed E-state index contributed by atoms with van der Waals surface area (Å²) < 4.78 is 33.9. The minimum absolute atomic E-state index is 0.154. The summed E-state index contributed by atoms with van der Waals surface area (Å²) in [6.45, 7) is 5.23. The monoisotopic (exact) mass is 416 g/mol. The van der Waals surface area contributed by atoms with Gasteiger partial charge in [0.25, 0.3) is 10.0 Å². The first-order valence-corrected chi connectivity index (χ1v) is 11.5. The third-order valence-corrected chi connectivity index (χ3v) is 6.80. The number of ether oxygens (including phenoxy) is 1.